The normalized spacial score (nSPS) is 25.9. The van der Waals surface area contributed by atoms with Crippen LogP contribution < -0.4 is 0 Å². The molecular weight excluding hydrogens is 392 g/mol. The van der Waals surface area contributed by atoms with E-state index in [2.05, 4.69) is 43.3 Å². The Bertz CT molecular complexity index is 813. The van der Waals surface area contributed by atoms with E-state index in [-0.39, 0.29) is 41.8 Å². The molecule has 7 heteroatoms. The number of likely N-dealkylation sites (tertiary alicyclic amines) is 1. The van der Waals surface area contributed by atoms with E-state index in [0.717, 1.165) is 25.7 Å². The van der Waals surface area contributed by atoms with Gasteiger partial charge in [0.1, 0.15) is 0 Å². The molecule has 0 radical (unpaired) electrons. The van der Waals surface area contributed by atoms with E-state index < -0.39 is 0 Å². The lowest BCUT2D eigenvalue weighted by Crippen LogP contribution is -2.48. The second kappa shape index (κ2) is 8.99. The summed E-state index contributed by atoms with van der Waals surface area (Å²) in [7, 11) is 9.23. The van der Waals surface area contributed by atoms with Crippen molar-refractivity contribution in [2.75, 3.05) is 54.9 Å². The van der Waals surface area contributed by atoms with Crippen molar-refractivity contribution in [3.05, 3.63) is 35.9 Å². The first-order valence-electron chi connectivity index (χ1n) is 11.0. The first kappa shape index (κ1) is 23.3. The minimum atomic E-state index is -0.191. The van der Waals surface area contributed by atoms with Gasteiger partial charge in [-0.3, -0.25) is 19.3 Å². The lowest BCUT2D eigenvalue weighted by atomic mass is 9.64. The Morgan fingerprint density at radius 1 is 0.935 bits per heavy atom. The molecule has 1 aliphatic carbocycles. The minimum absolute atomic E-state index is 0.00838. The summed E-state index contributed by atoms with van der Waals surface area (Å²) in [6, 6.07) is 10.6. The average molecular weight is 429 g/mol. The van der Waals surface area contributed by atoms with E-state index in [1.165, 1.54) is 15.4 Å². The van der Waals surface area contributed by atoms with Crippen LogP contribution in [-0.2, 0) is 19.9 Å². The van der Waals surface area contributed by atoms with Gasteiger partial charge >= 0.3 is 0 Å². The molecule has 1 heterocycles. The smallest absolute Gasteiger partial charge is 0.242 e. The van der Waals surface area contributed by atoms with E-state index >= 15 is 0 Å². The fourth-order valence-corrected chi connectivity index (χ4v) is 5.11. The molecule has 1 saturated heterocycles. The van der Waals surface area contributed by atoms with Crippen molar-refractivity contribution in [1.82, 2.24) is 19.6 Å². The van der Waals surface area contributed by atoms with Crippen LogP contribution in [0.3, 0.4) is 0 Å². The molecule has 2 aliphatic rings. The predicted molar refractivity (Wildman–Crippen MR) is 120 cm³/mol. The SMILES string of the molecule is CN(C)C(=O)CN(C)C(=O)CN1CC2(CCC(c3ccccc3)(N(C)C)CC2)CC1=O. The Kier molecular flexibility index (Phi) is 6.74. The molecule has 1 aromatic carbocycles. The number of likely N-dealkylation sites (N-methyl/N-ethyl adjacent to an activating group) is 2. The monoisotopic (exact) mass is 428 g/mol. The lowest BCUT2D eigenvalue weighted by molar-refractivity contribution is -0.141. The molecule has 0 bridgehead atoms. The number of amides is 3. The molecule has 1 spiro atoms. The molecule has 0 unspecified atom stereocenters. The van der Waals surface area contributed by atoms with Crippen molar-refractivity contribution in [2.45, 2.75) is 37.6 Å². The Morgan fingerprint density at radius 2 is 1.55 bits per heavy atom. The largest absolute Gasteiger partial charge is 0.347 e. The van der Waals surface area contributed by atoms with Gasteiger partial charge in [0.25, 0.3) is 0 Å². The van der Waals surface area contributed by atoms with Crippen LogP contribution in [0, 0.1) is 5.41 Å². The fraction of sp³-hybridized carbons (Fsp3) is 0.625. The maximum Gasteiger partial charge on any atom is 0.242 e. The zero-order valence-electron chi connectivity index (χ0n) is 19.6. The van der Waals surface area contributed by atoms with Crippen molar-refractivity contribution in [2.24, 2.45) is 5.41 Å². The van der Waals surface area contributed by atoms with Gasteiger partial charge in [0.05, 0.1) is 13.1 Å². The Balaban J connectivity index is 1.64. The highest BCUT2D eigenvalue weighted by Gasteiger charge is 2.50. The van der Waals surface area contributed by atoms with Crippen molar-refractivity contribution in [1.29, 1.82) is 0 Å². The summed E-state index contributed by atoms with van der Waals surface area (Å²) in [4.78, 5) is 44.2. The maximum atomic E-state index is 12.8. The first-order chi connectivity index (χ1) is 14.6. The van der Waals surface area contributed by atoms with Crippen molar-refractivity contribution in [3.8, 4) is 0 Å². The molecule has 1 aromatic rings. The summed E-state index contributed by atoms with van der Waals surface area (Å²) in [5, 5.41) is 0. The van der Waals surface area contributed by atoms with Crippen molar-refractivity contribution in [3.63, 3.8) is 0 Å². The molecule has 2 fully saturated rings. The van der Waals surface area contributed by atoms with Crippen LogP contribution in [0.4, 0.5) is 0 Å². The molecule has 7 nitrogen and oxygen atoms in total. The molecule has 0 aromatic heterocycles. The first-order valence-corrected chi connectivity index (χ1v) is 11.0. The molecule has 1 saturated carbocycles. The van der Waals surface area contributed by atoms with Crippen LogP contribution in [0.15, 0.2) is 30.3 Å². The van der Waals surface area contributed by atoms with Gasteiger partial charge in [-0.1, -0.05) is 30.3 Å². The van der Waals surface area contributed by atoms with Gasteiger partial charge in [0.15, 0.2) is 0 Å². The molecule has 1 aliphatic heterocycles. The molecule has 0 N–H and O–H groups in total. The topological polar surface area (TPSA) is 64.2 Å². The van der Waals surface area contributed by atoms with Gasteiger partial charge in [-0.05, 0) is 50.8 Å². The van der Waals surface area contributed by atoms with Crippen molar-refractivity contribution < 1.29 is 14.4 Å². The third-order valence-electron chi connectivity index (χ3n) is 7.33. The van der Waals surface area contributed by atoms with E-state index in [1.807, 2.05) is 6.07 Å². The van der Waals surface area contributed by atoms with Crippen LogP contribution in [-0.4, -0.2) is 92.2 Å². The molecule has 3 amide bonds. The highest BCUT2D eigenvalue weighted by Crippen LogP contribution is 2.52. The van der Waals surface area contributed by atoms with E-state index in [0.29, 0.717) is 13.0 Å². The Morgan fingerprint density at radius 3 is 2.10 bits per heavy atom. The number of hydrogen-bond donors (Lipinski definition) is 0. The maximum absolute atomic E-state index is 12.8. The summed E-state index contributed by atoms with van der Waals surface area (Å²) in [5.41, 5.74) is 1.27. The van der Waals surface area contributed by atoms with Gasteiger partial charge in [-0.15, -0.1) is 0 Å². The van der Waals surface area contributed by atoms with E-state index in [1.54, 1.807) is 26.0 Å². The summed E-state index contributed by atoms with van der Waals surface area (Å²) >= 11 is 0. The number of hydrogen-bond acceptors (Lipinski definition) is 4. The van der Waals surface area contributed by atoms with Gasteiger partial charge < -0.3 is 14.7 Å². The van der Waals surface area contributed by atoms with Crippen LogP contribution >= 0.6 is 0 Å². The van der Waals surface area contributed by atoms with Crippen LogP contribution in [0.5, 0.6) is 0 Å². The second-order valence-electron chi connectivity index (χ2n) is 9.76. The van der Waals surface area contributed by atoms with E-state index in [9.17, 15) is 14.4 Å². The zero-order valence-corrected chi connectivity index (χ0v) is 19.6. The Labute approximate surface area is 186 Å². The number of carbonyl (C=O) groups is 3. The molecule has 0 atom stereocenters. The van der Waals surface area contributed by atoms with Gasteiger partial charge in [-0.25, -0.2) is 0 Å². The van der Waals surface area contributed by atoms with Gasteiger partial charge in [0.2, 0.25) is 17.7 Å². The zero-order chi connectivity index (χ0) is 22.8. The fourth-order valence-electron chi connectivity index (χ4n) is 5.11. The number of carbonyl (C=O) groups excluding carboxylic acids is 3. The highest BCUT2D eigenvalue weighted by molar-refractivity contribution is 5.89. The van der Waals surface area contributed by atoms with E-state index in [4.69, 9.17) is 0 Å². The van der Waals surface area contributed by atoms with Crippen LogP contribution in [0.25, 0.3) is 0 Å². The minimum Gasteiger partial charge on any atom is -0.347 e. The summed E-state index contributed by atoms with van der Waals surface area (Å²) < 4.78 is 0. The average Bonchev–Trinajstić information content (AvgIpc) is 3.03. The quantitative estimate of drug-likeness (QED) is 0.693. The molecule has 3 rings (SSSR count). The predicted octanol–water partition coefficient (Wildman–Crippen LogP) is 1.78. The third-order valence-corrected chi connectivity index (χ3v) is 7.33. The summed E-state index contributed by atoms with van der Waals surface area (Å²) in [6.45, 7) is 0.710. The molecule has 31 heavy (non-hydrogen) atoms. The molecule has 170 valence electrons. The lowest BCUT2D eigenvalue weighted by Gasteiger charge is -2.48. The summed E-state index contributed by atoms with van der Waals surface area (Å²) in [5.74, 6) is -0.269. The standard InChI is InChI=1S/C24H36N4O3/c1-25(2)21(30)16-27(5)22(31)17-28-18-23(15-20(28)29)11-13-24(14-12-23,26(3)4)19-9-7-6-8-10-19/h6-10H,11-18H2,1-5H3. The van der Waals surface area contributed by atoms with Gasteiger partial charge in [-0.2, -0.15) is 0 Å². The second-order valence-corrected chi connectivity index (χ2v) is 9.76. The summed E-state index contributed by atoms with van der Waals surface area (Å²) in [6.07, 6.45) is 4.43. The number of benzene rings is 1. The molecular formula is C24H36N4O3. The third kappa shape index (κ3) is 4.76. The van der Waals surface area contributed by atoms with Crippen molar-refractivity contribution >= 4 is 17.7 Å². The van der Waals surface area contributed by atoms with Gasteiger partial charge in [0, 0.05) is 39.6 Å². The highest BCUT2D eigenvalue weighted by atomic mass is 16.2. The number of rotatable bonds is 6. The van der Waals surface area contributed by atoms with Crippen LogP contribution in [0.1, 0.15) is 37.7 Å². The van der Waals surface area contributed by atoms with Crippen LogP contribution in [0.2, 0.25) is 0 Å². The number of nitrogens with zero attached hydrogens (tertiary/aromatic N) is 4. The Hall–Kier alpha value is -2.41.